The molecule has 0 heterocycles. The van der Waals surface area contributed by atoms with Crippen LogP contribution in [0.4, 0.5) is 4.39 Å². The first-order valence-corrected chi connectivity index (χ1v) is 9.97. The zero-order valence-corrected chi connectivity index (χ0v) is 16.9. The van der Waals surface area contributed by atoms with E-state index >= 15 is 0 Å². The Hall–Kier alpha value is -2.31. The van der Waals surface area contributed by atoms with E-state index in [0.29, 0.717) is 30.8 Å². The third-order valence-corrected chi connectivity index (χ3v) is 6.10. The van der Waals surface area contributed by atoms with E-state index in [2.05, 4.69) is 10.6 Å². The predicted octanol–water partition coefficient (Wildman–Crippen LogP) is 3.87. The molecule has 2 N–H and O–H groups in total. The van der Waals surface area contributed by atoms with E-state index < -0.39 is 5.82 Å². The minimum absolute atomic E-state index is 0.00435. The summed E-state index contributed by atoms with van der Waals surface area (Å²) >= 11 is 11.5. The number of rotatable bonds is 7. The molecule has 2 amide bonds. The molecule has 0 atom stereocenters. The summed E-state index contributed by atoms with van der Waals surface area (Å²) in [6.45, 7) is 0.223. The van der Waals surface area contributed by atoms with E-state index in [1.807, 2.05) is 12.1 Å². The van der Waals surface area contributed by atoms with Crippen molar-refractivity contribution >= 4 is 35.0 Å². The highest BCUT2D eigenvalue weighted by atomic mass is 35.5. The lowest BCUT2D eigenvalue weighted by Crippen LogP contribution is -2.78. The largest absolute Gasteiger partial charge is 0.484 e. The maximum absolute atomic E-state index is 13.4. The molecule has 0 radical (unpaired) electrons. The van der Waals surface area contributed by atoms with E-state index in [0.717, 1.165) is 11.6 Å². The summed E-state index contributed by atoms with van der Waals surface area (Å²) in [6.07, 6.45) is 1.86. The van der Waals surface area contributed by atoms with Crippen LogP contribution < -0.4 is 15.4 Å². The Balaban J connectivity index is 1.21. The quantitative estimate of drug-likeness (QED) is 0.692. The highest BCUT2D eigenvalue weighted by Crippen LogP contribution is 2.67. The normalized spacial score (nSPS) is 24.1. The van der Waals surface area contributed by atoms with Crippen molar-refractivity contribution in [1.29, 1.82) is 0 Å². The van der Waals surface area contributed by atoms with Crippen LogP contribution in [0.25, 0.3) is 0 Å². The molecule has 5 rings (SSSR count). The maximum Gasteiger partial charge on any atom is 0.258 e. The first-order chi connectivity index (χ1) is 13.8. The SMILES string of the molecule is O=C(COc1ccc(Cl)c(F)c1)NC12CC(C(=O)NCc3ccc(Cl)cc3)(C1)C2. The van der Waals surface area contributed by atoms with Gasteiger partial charge in [0.1, 0.15) is 11.6 Å². The number of hydrogen-bond acceptors (Lipinski definition) is 3. The van der Waals surface area contributed by atoms with E-state index in [9.17, 15) is 14.0 Å². The van der Waals surface area contributed by atoms with Crippen molar-refractivity contribution in [2.75, 3.05) is 6.61 Å². The minimum Gasteiger partial charge on any atom is -0.484 e. The number of benzene rings is 2. The summed E-state index contributed by atoms with van der Waals surface area (Å²) in [5.74, 6) is -0.653. The fraction of sp³-hybridized carbons (Fsp3) is 0.333. The highest BCUT2D eigenvalue weighted by molar-refractivity contribution is 6.30. The Kier molecular flexibility index (Phi) is 5.17. The molecule has 0 spiro atoms. The van der Waals surface area contributed by atoms with E-state index in [1.165, 1.54) is 12.1 Å². The van der Waals surface area contributed by atoms with Crippen LogP contribution in [0, 0.1) is 11.2 Å². The van der Waals surface area contributed by atoms with Crippen molar-refractivity contribution in [3.8, 4) is 5.75 Å². The minimum atomic E-state index is -0.601. The van der Waals surface area contributed by atoms with Crippen LogP contribution >= 0.6 is 23.2 Å². The zero-order chi connectivity index (χ0) is 20.6. The van der Waals surface area contributed by atoms with Crippen LogP contribution in [-0.2, 0) is 16.1 Å². The lowest BCUT2D eigenvalue weighted by atomic mass is 9.39. The van der Waals surface area contributed by atoms with Crippen molar-refractivity contribution in [2.24, 2.45) is 5.41 Å². The molecule has 8 heteroatoms. The number of carbonyl (C=O) groups is 2. The Morgan fingerprint density at radius 1 is 1.07 bits per heavy atom. The topological polar surface area (TPSA) is 67.4 Å². The summed E-state index contributed by atoms with van der Waals surface area (Å²) in [6, 6.07) is 11.3. The monoisotopic (exact) mass is 436 g/mol. The van der Waals surface area contributed by atoms with Gasteiger partial charge in [0.15, 0.2) is 6.61 Å². The molecule has 0 aromatic heterocycles. The molecule has 0 aliphatic heterocycles. The number of amides is 2. The summed E-state index contributed by atoms with van der Waals surface area (Å²) in [5, 5.41) is 6.55. The fourth-order valence-electron chi connectivity index (χ4n) is 4.18. The number of nitrogens with one attached hydrogen (secondary N) is 2. The molecule has 0 saturated heterocycles. The van der Waals surface area contributed by atoms with Gasteiger partial charge >= 0.3 is 0 Å². The molecule has 3 aliphatic rings. The number of halogens is 3. The molecule has 2 aromatic rings. The second kappa shape index (κ2) is 7.50. The fourth-order valence-corrected chi connectivity index (χ4v) is 4.42. The molecular weight excluding hydrogens is 418 g/mol. The lowest BCUT2D eigenvalue weighted by molar-refractivity contribution is -0.184. The molecule has 152 valence electrons. The Bertz CT molecular complexity index is 945. The average Bonchev–Trinajstić information content (AvgIpc) is 2.63. The zero-order valence-electron chi connectivity index (χ0n) is 15.4. The average molecular weight is 437 g/mol. The standard InChI is InChI=1S/C21H19Cl2FN2O3/c22-14-3-1-13(2-4-14)8-25-19(28)20-10-21(11-20,12-20)26-18(27)9-29-15-5-6-16(23)17(24)7-15/h1-7H,8-12H2,(H,25,28)(H,26,27). The van der Waals surface area contributed by atoms with Crippen LogP contribution in [0.5, 0.6) is 5.75 Å². The van der Waals surface area contributed by atoms with Crippen LogP contribution in [0.1, 0.15) is 24.8 Å². The summed E-state index contributed by atoms with van der Waals surface area (Å²) in [4.78, 5) is 24.6. The van der Waals surface area contributed by atoms with Gasteiger partial charge in [-0.15, -0.1) is 0 Å². The van der Waals surface area contributed by atoms with Gasteiger partial charge in [0.2, 0.25) is 5.91 Å². The lowest BCUT2D eigenvalue weighted by Gasteiger charge is -2.69. The van der Waals surface area contributed by atoms with Crippen molar-refractivity contribution in [3.63, 3.8) is 0 Å². The summed E-state index contributed by atoms with van der Waals surface area (Å²) in [5.41, 5.74) is 0.261. The first-order valence-electron chi connectivity index (χ1n) is 9.21. The number of hydrogen-bond donors (Lipinski definition) is 2. The first kappa shape index (κ1) is 20.0. The van der Waals surface area contributed by atoms with E-state index in [-0.39, 0.29) is 40.1 Å². The Labute approximate surface area is 177 Å². The molecule has 5 nitrogen and oxygen atoms in total. The summed E-state index contributed by atoms with van der Waals surface area (Å²) < 4.78 is 18.7. The maximum atomic E-state index is 13.4. The third-order valence-electron chi connectivity index (χ3n) is 5.54. The number of ether oxygens (including phenoxy) is 1. The van der Waals surface area contributed by atoms with Crippen molar-refractivity contribution in [3.05, 3.63) is 63.9 Å². The Morgan fingerprint density at radius 3 is 2.41 bits per heavy atom. The van der Waals surface area contributed by atoms with Crippen LogP contribution in [0.3, 0.4) is 0 Å². The van der Waals surface area contributed by atoms with E-state index in [1.54, 1.807) is 12.1 Å². The molecule has 3 saturated carbocycles. The molecule has 2 bridgehead atoms. The molecular formula is C21H19Cl2FN2O3. The van der Waals surface area contributed by atoms with Gasteiger partial charge in [-0.25, -0.2) is 4.39 Å². The van der Waals surface area contributed by atoms with Crippen LogP contribution in [0.15, 0.2) is 42.5 Å². The molecule has 0 unspecified atom stereocenters. The third kappa shape index (κ3) is 4.05. The summed E-state index contributed by atoms with van der Waals surface area (Å²) in [7, 11) is 0. The molecule has 2 aromatic carbocycles. The smallest absolute Gasteiger partial charge is 0.258 e. The van der Waals surface area contributed by atoms with E-state index in [4.69, 9.17) is 27.9 Å². The van der Waals surface area contributed by atoms with Gasteiger partial charge in [-0.3, -0.25) is 9.59 Å². The van der Waals surface area contributed by atoms with Gasteiger partial charge in [-0.05, 0) is 49.1 Å². The Morgan fingerprint density at radius 2 is 1.76 bits per heavy atom. The van der Waals surface area contributed by atoms with Gasteiger partial charge in [0, 0.05) is 23.2 Å². The van der Waals surface area contributed by atoms with Crippen LogP contribution in [-0.4, -0.2) is 24.0 Å². The molecule has 29 heavy (non-hydrogen) atoms. The second-order valence-electron chi connectivity index (χ2n) is 7.81. The van der Waals surface area contributed by atoms with Crippen molar-refractivity contribution in [2.45, 2.75) is 31.3 Å². The van der Waals surface area contributed by atoms with Gasteiger partial charge in [0.25, 0.3) is 5.91 Å². The molecule has 3 aliphatic carbocycles. The van der Waals surface area contributed by atoms with Gasteiger partial charge < -0.3 is 15.4 Å². The second-order valence-corrected chi connectivity index (χ2v) is 8.66. The molecule has 3 fully saturated rings. The van der Waals surface area contributed by atoms with Crippen LogP contribution in [0.2, 0.25) is 10.0 Å². The number of carbonyl (C=O) groups excluding carboxylic acids is 2. The van der Waals surface area contributed by atoms with Gasteiger partial charge in [-0.1, -0.05) is 35.3 Å². The van der Waals surface area contributed by atoms with Gasteiger partial charge in [-0.2, -0.15) is 0 Å². The van der Waals surface area contributed by atoms with Crippen molar-refractivity contribution < 1.29 is 18.7 Å². The predicted molar refractivity (Wildman–Crippen MR) is 107 cm³/mol. The highest BCUT2D eigenvalue weighted by Gasteiger charge is 2.72. The van der Waals surface area contributed by atoms with Crippen molar-refractivity contribution in [1.82, 2.24) is 10.6 Å². The van der Waals surface area contributed by atoms with Gasteiger partial charge in [0.05, 0.1) is 10.4 Å².